The number of alkyl carbamates (subject to hydrolysis) is 2. The number of hydrogen-bond donors (Lipinski definition) is 3. The Labute approximate surface area is 138 Å². The molecule has 0 aliphatic heterocycles. The number of hydrogen-bond acceptors (Lipinski definition) is 6. The van der Waals surface area contributed by atoms with Gasteiger partial charge in [-0.3, -0.25) is 15.6 Å². The lowest BCUT2D eigenvalue weighted by Crippen LogP contribution is -2.47. The second-order valence-corrected chi connectivity index (χ2v) is 6.98. The quantitative estimate of drug-likeness (QED) is 0.415. The summed E-state index contributed by atoms with van der Waals surface area (Å²) in [5.74, 6) is -0.00878. The zero-order chi connectivity index (χ0) is 18.1. The van der Waals surface area contributed by atoms with Crippen molar-refractivity contribution in [3.8, 4) is 0 Å². The number of aliphatic imine (C=N–C) groups is 1. The van der Waals surface area contributed by atoms with Crippen molar-refractivity contribution in [1.29, 1.82) is 0 Å². The van der Waals surface area contributed by atoms with Gasteiger partial charge in [-0.1, -0.05) is 0 Å². The molecule has 0 rings (SSSR count). The van der Waals surface area contributed by atoms with E-state index in [1.54, 1.807) is 41.5 Å². The summed E-state index contributed by atoms with van der Waals surface area (Å²) in [4.78, 5) is 27.7. The van der Waals surface area contributed by atoms with Gasteiger partial charge in [0, 0.05) is 6.54 Å². The van der Waals surface area contributed by atoms with Crippen molar-refractivity contribution < 1.29 is 19.1 Å². The van der Waals surface area contributed by atoms with E-state index in [1.807, 2.05) is 0 Å². The number of amides is 2. The molecule has 0 spiro atoms. The maximum absolute atomic E-state index is 11.8. The van der Waals surface area contributed by atoms with Crippen LogP contribution in [0.5, 0.6) is 0 Å². The molecule has 0 unspecified atom stereocenters. The summed E-state index contributed by atoms with van der Waals surface area (Å²) in [6.07, 6.45) is 0.138. The van der Waals surface area contributed by atoms with Gasteiger partial charge in [-0.15, -0.1) is 0 Å². The Morgan fingerprint density at radius 2 is 1.35 bits per heavy atom. The smallest absolute Gasteiger partial charge is 0.414 e. The molecule has 0 heterocycles. The van der Waals surface area contributed by atoms with Crippen LogP contribution in [-0.4, -0.2) is 42.4 Å². The molecule has 0 fully saturated rings. The van der Waals surface area contributed by atoms with E-state index in [4.69, 9.17) is 15.2 Å². The highest BCUT2D eigenvalue weighted by Gasteiger charge is 2.21. The molecule has 0 saturated heterocycles. The fourth-order valence-electron chi connectivity index (χ4n) is 1.36. The average molecular weight is 330 g/mol. The first-order chi connectivity index (χ1) is 10.4. The topological polar surface area (TPSA) is 115 Å². The van der Waals surface area contributed by atoms with Crippen LogP contribution in [0.25, 0.3) is 0 Å². The molecular formula is C15H30N4O4. The molecule has 0 radical (unpaired) electrons. The number of carbonyl (C=O) groups is 2. The van der Waals surface area contributed by atoms with Crippen LogP contribution in [0, 0.1) is 0 Å². The maximum atomic E-state index is 11.8. The van der Waals surface area contributed by atoms with Crippen molar-refractivity contribution >= 4 is 18.1 Å². The molecule has 8 nitrogen and oxygen atoms in total. The van der Waals surface area contributed by atoms with Gasteiger partial charge in [-0.25, -0.2) is 9.59 Å². The van der Waals surface area contributed by atoms with Gasteiger partial charge in [-0.2, -0.15) is 0 Å². The normalized spacial score (nSPS) is 11.4. The summed E-state index contributed by atoms with van der Waals surface area (Å²) >= 11 is 0. The number of ether oxygens (including phenoxy) is 2. The highest BCUT2D eigenvalue weighted by molar-refractivity contribution is 6.01. The second kappa shape index (κ2) is 9.34. The first-order valence-electron chi connectivity index (χ1n) is 7.67. The molecule has 0 aromatic carbocycles. The number of nitrogens with one attached hydrogen (secondary N) is 2. The Balaban J connectivity index is 4.74. The Kier molecular flexibility index (Phi) is 8.60. The number of guanidine groups is 1. The summed E-state index contributed by atoms with van der Waals surface area (Å²) in [6, 6.07) is 0. The molecule has 0 bridgehead atoms. The van der Waals surface area contributed by atoms with Crippen LogP contribution < -0.4 is 16.4 Å². The fraction of sp³-hybridized carbons (Fsp3) is 0.800. The first kappa shape index (κ1) is 21.2. The molecule has 8 heteroatoms. The zero-order valence-electron chi connectivity index (χ0n) is 15.0. The van der Waals surface area contributed by atoms with Crippen molar-refractivity contribution in [2.75, 3.05) is 13.1 Å². The van der Waals surface area contributed by atoms with Crippen LogP contribution in [0.15, 0.2) is 4.99 Å². The summed E-state index contributed by atoms with van der Waals surface area (Å²) < 4.78 is 10.3. The Bertz CT molecular complexity index is 390. The van der Waals surface area contributed by atoms with E-state index in [-0.39, 0.29) is 5.96 Å². The third-order valence-corrected chi connectivity index (χ3v) is 2.12. The van der Waals surface area contributed by atoms with E-state index >= 15 is 0 Å². The Hall–Kier alpha value is -1.83. The van der Waals surface area contributed by atoms with E-state index in [9.17, 15) is 9.59 Å². The highest BCUT2D eigenvalue weighted by Crippen LogP contribution is 2.07. The van der Waals surface area contributed by atoms with E-state index in [0.717, 1.165) is 12.8 Å². The van der Waals surface area contributed by atoms with Crippen LogP contribution >= 0.6 is 0 Å². The van der Waals surface area contributed by atoms with Crippen molar-refractivity contribution in [3.63, 3.8) is 0 Å². The summed E-state index contributed by atoms with van der Waals surface area (Å²) in [5.41, 5.74) is 4.11. The monoisotopic (exact) mass is 330 g/mol. The SMILES string of the molecule is CC(C)(C)OC(=O)NC(=NCCCCN)NC(=O)OC(C)(C)C. The Morgan fingerprint density at radius 3 is 1.70 bits per heavy atom. The molecule has 0 aromatic rings. The number of carbonyl (C=O) groups excluding carboxylic acids is 2. The van der Waals surface area contributed by atoms with E-state index in [0.29, 0.717) is 13.1 Å². The van der Waals surface area contributed by atoms with Gasteiger partial charge < -0.3 is 15.2 Å². The largest absolute Gasteiger partial charge is 0.444 e. The number of unbranched alkanes of at least 4 members (excludes halogenated alkanes) is 1. The van der Waals surface area contributed by atoms with Gasteiger partial charge in [0.15, 0.2) is 0 Å². The Morgan fingerprint density at radius 1 is 0.913 bits per heavy atom. The predicted molar refractivity (Wildman–Crippen MR) is 89.3 cm³/mol. The van der Waals surface area contributed by atoms with Gasteiger partial charge in [-0.05, 0) is 60.9 Å². The minimum absolute atomic E-state index is 0.00878. The maximum Gasteiger partial charge on any atom is 0.414 e. The lowest BCUT2D eigenvalue weighted by Gasteiger charge is -2.22. The van der Waals surface area contributed by atoms with Gasteiger partial charge in [0.25, 0.3) is 0 Å². The molecule has 0 atom stereocenters. The molecule has 23 heavy (non-hydrogen) atoms. The molecular weight excluding hydrogens is 300 g/mol. The van der Waals surface area contributed by atoms with Gasteiger partial charge in [0.1, 0.15) is 11.2 Å². The van der Waals surface area contributed by atoms with E-state index in [1.165, 1.54) is 0 Å². The lowest BCUT2D eigenvalue weighted by atomic mass is 10.2. The molecule has 2 amide bonds. The molecule has 134 valence electrons. The van der Waals surface area contributed by atoms with Crippen molar-refractivity contribution in [1.82, 2.24) is 10.6 Å². The van der Waals surface area contributed by atoms with Gasteiger partial charge in [0.2, 0.25) is 5.96 Å². The number of nitrogens with zero attached hydrogens (tertiary/aromatic N) is 1. The van der Waals surface area contributed by atoms with Crippen LogP contribution in [0.3, 0.4) is 0 Å². The standard InChI is InChI=1S/C15H30N4O4/c1-14(2,3)22-12(20)18-11(17-10-8-7-9-16)19-13(21)23-15(4,5)6/h7-10,16H2,1-6H3,(H2,17,18,19,20,21). The first-order valence-corrected chi connectivity index (χ1v) is 7.67. The molecule has 0 aromatic heterocycles. The fourth-order valence-corrected chi connectivity index (χ4v) is 1.36. The molecule has 4 N–H and O–H groups in total. The third kappa shape index (κ3) is 13.5. The van der Waals surface area contributed by atoms with Crippen molar-refractivity contribution in [2.45, 2.75) is 65.6 Å². The van der Waals surface area contributed by atoms with Gasteiger partial charge in [0.05, 0.1) is 0 Å². The van der Waals surface area contributed by atoms with E-state index < -0.39 is 23.4 Å². The zero-order valence-corrected chi connectivity index (χ0v) is 15.0. The number of rotatable bonds is 4. The minimum atomic E-state index is -0.703. The van der Waals surface area contributed by atoms with Gasteiger partial charge >= 0.3 is 12.2 Å². The summed E-state index contributed by atoms with van der Waals surface area (Å²) in [5, 5.41) is 4.83. The predicted octanol–water partition coefficient (Wildman–Crippen LogP) is 2.13. The van der Waals surface area contributed by atoms with Crippen LogP contribution in [-0.2, 0) is 9.47 Å². The lowest BCUT2D eigenvalue weighted by molar-refractivity contribution is 0.0545. The molecule has 0 saturated carbocycles. The average Bonchev–Trinajstić information content (AvgIpc) is 2.29. The highest BCUT2D eigenvalue weighted by atomic mass is 16.6. The van der Waals surface area contributed by atoms with E-state index in [2.05, 4.69) is 15.6 Å². The van der Waals surface area contributed by atoms with Crippen LogP contribution in [0.2, 0.25) is 0 Å². The summed E-state index contributed by atoms with van der Waals surface area (Å²) in [7, 11) is 0. The van der Waals surface area contributed by atoms with Crippen molar-refractivity contribution in [3.05, 3.63) is 0 Å². The molecule has 0 aliphatic carbocycles. The second-order valence-electron chi connectivity index (χ2n) is 6.98. The van der Waals surface area contributed by atoms with Crippen LogP contribution in [0.4, 0.5) is 9.59 Å². The molecule has 0 aliphatic rings. The summed E-state index contributed by atoms with van der Waals surface area (Å²) in [6.45, 7) is 11.4. The van der Waals surface area contributed by atoms with Crippen LogP contribution in [0.1, 0.15) is 54.4 Å². The third-order valence-electron chi connectivity index (χ3n) is 2.12. The number of nitrogens with two attached hydrogens (primary N) is 1. The van der Waals surface area contributed by atoms with Crippen molar-refractivity contribution in [2.24, 2.45) is 10.7 Å². The minimum Gasteiger partial charge on any atom is -0.444 e.